The second-order valence-electron chi connectivity index (χ2n) is 16.2. The van der Waals surface area contributed by atoms with E-state index in [0.29, 0.717) is 0 Å². The van der Waals surface area contributed by atoms with Crippen LogP contribution in [0.15, 0.2) is 224 Å². The van der Waals surface area contributed by atoms with Gasteiger partial charge in [-0.05, 0) is 120 Å². The molecule has 0 radical (unpaired) electrons. The van der Waals surface area contributed by atoms with E-state index in [1.54, 1.807) is 0 Å². The predicted octanol–water partition coefficient (Wildman–Crippen LogP) is 14.9. The second kappa shape index (κ2) is 14.5. The van der Waals surface area contributed by atoms with E-state index in [0.717, 1.165) is 11.4 Å². The average molecular weight is 780 g/mol. The molecule has 61 heavy (non-hydrogen) atoms. The Morgan fingerprint density at radius 1 is 0.361 bits per heavy atom. The Labute approximate surface area is 355 Å². The summed E-state index contributed by atoms with van der Waals surface area (Å²) in [4.78, 5) is 0. The van der Waals surface area contributed by atoms with Crippen molar-refractivity contribution in [3.05, 3.63) is 241 Å². The van der Waals surface area contributed by atoms with Gasteiger partial charge in [-0.2, -0.15) is 0 Å². The number of fused-ring (bicyclic) bond motifs is 8. The van der Waals surface area contributed by atoms with Crippen LogP contribution in [0.2, 0.25) is 0 Å². The molecule has 2 unspecified atom stereocenters. The lowest BCUT2D eigenvalue weighted by Crippen LogP contribution is -2.37. The highest BCUT2D eigenvalue weighted by atomic mass is 15.2. The Balaban J connectivity index is 0.931. The first-order valence-corrected chi connectivity index (χ1v) is 21.2. The quantitative estimate of drug-likeness (QED) is 0.176. The van der Waals surface area contributed by atoms with Crippen molar-refractivity contribution in [2.75, 3.05) is 5.32 Å². The molecule has 0 amide bonds. The number of rotatable bonds is 6. The lowest BCUT2D eigenvalue weighted by molar-refractivity contribution is 0.506. The minimum atomic E-state index is -0.120. The summed E-state index contributed by atoms with van der Waals surface area (Å²) in [5.74, 6) is 0. The third-order valence-electron chi connectivity index (χ3n) is 12.6. The maximum Gasteiger partial charge on any atom is 0.104 e. The molecule has 3 heteroatoms. The molecule has 0 spiro atoms. The molecule has 2 atom stereocenters. The normalized spacial score (nSPS) is 15.0. The Bertz CT molecular complexity index is 3270. The van der Waals surface area contributed by atoms with Gasteiger partial charge in [0.25, 0.3) is 0 Å². The molecule has 1 aromatic heterocycles. The van der Waals surface area contributed by atoms with E-state index in [2.05, 4.69) is 240 Å². The van der Waals surface area contributed by atoms with Crippen molar-refractivity contribution >= 4 is 49.0 Å². The molecule has 2 heterocycles. The van der Waals surface area contributed by atoms with Crippen molar-refractivity contribution in [2.24, 2.45) is 0 Å². The summed E-state index contributed by atoms with van der Waals surface area (Å²) in [5, 5.41) is 15.6. The van der Waals surface area contributed by atoms with Gasteiger partial charge in [-0.1, -0.05) is 176 Å². The molecule has 0 bridgehead atoms. The van der Waals surface area contributed by atoms with Gasteiger partial charge in [0.2, 0.25) is 0 Å². The van der Waals surface area contributed by atoms with E-state index >= 15 is 0 Å². The van der Waals surface area contributed by atoms with Gasteiger partial charge in [-0.15, -0.1) is 0 Å². The molecule has 0 fully saturated rings. The fraction of sp³-hybridized carbons (Fsp3) is 0.0345. The number of anilines is 1. The lowest BCUT2D eigenvalue weighted by atomic mass is 9.90. The molecule has 11 aromatic rings. The van der Waals surface area contributed by atoms with Crippen molar-refractivity contribution in [3.8, 4) is 39.1 Å². The largest absolute Gasteiger partial charge is 0.366 e. The zero-order valence-electron chi connectivity index (χ0n) is 33.5. The van der Waals surface area contributed by atoms with Crippen LogP contribution >= 0.6 is 0 Å². The standard InChI is InChI=1S/C58H41N3/c1-3-14-38(15-4-1)45-34-46(39-16-5-2-6-17-39)36-47(35-45)40-26-28-43(29-27-40)57-51-24-11-12-25-52(51)59-58(60-57)44-20-13-21-48(37-44)61-53-32-30-41-18-7-9-22-49(41)55(53)56-50-23-10-8-19-42(50)31-33-54(56)61/h1-37,57-60H. The van der Waals surface area contributed by atoms with Gasteiger partial charge in [-0.3, -0.25) is 5.32 Å². The van der Waals surface area contributed by atoms with Crippen LogP contribution in [0.25, 0.3) is 82.4 Å². The Morgan fingerprint density at radius 2 is 0.885 bits per heavy atom. The summed E-state index contributed by atoms with van der Waals surface area (Å²) in [5.41, 5.74) is 15.6. The number of aromatic nitrogens is 1. The molecule has 2 N–H and O–H groups in total. The molecule has 0 saturated heterocycles. The van der Waals surface area contributed by atoms with E-state index < -0.39 is 0 Å². The Morgan fingerprint density at radius 3 is 1.49 bits per heavy atom. The van der Waals surface area contributed by atoms with Crippen LogP contribution < -0.4 is 10.6 Å². The summed E-state index contributed by atoms with van der Waals surface area (Å²) in [6, 6.07) is 81.9. The van der Waals surface area contributed by atoms with E-state index in [1.165, 1.54) is 93.4 Å². The summed E-state index contributed by atoms with van der Waals surface area (Å²) in [7, 11) is 0. The van der Waals surface area contributed by atoms with Crippen molar-refractivity contribution < 1.29 is 0 Å². The zero-order chi connectivity index (χ0) is 40.3. The number of hydrogen-bond donors (Lipinski definition) is 2. The molecule has 3 nitrogen and oxygen atoms in total. The number of nitrogens with zero attached hydrogens (tertiary/aromatic N) is 1. The molecular weight excluding hydrogens is 739 g/mol. The smallest absolute Gasteiger partial charge is 0.104 e. The van der Waals surface area contributed by atoms with Crippen LogP contribution in [-0.2, 0) is 0 Å². The molecule has 1 aliphatic heterocycles. The van der Waals surface area contributed by atoms with Crippen LogP contribution in [0.1, 0.15) is 28.9 Å². The van der Waals surface area contributed by atoms with E-state index in [9.17, 15) is 0 Å². The fourth-order valence-electron chi connectivity index (χ4n) is 9.72. The van der Waals surface area contributed by atoms with Crippen LogP contribution in [0.3, 0.4) is 0 Å². The number of nitrogens with one attached hydrogen (secondary N) is 2. The van der Waals surface area contributed by atoms with Crippen molar-refractivity contribution in [3.63, 3.8) is 0 Å². The first-order chi connectivity index (χ1) is 30.2. The van der Waals surface area contributed by atoms with Gasteiger partial charge >= 0.3 is 0 Å². The van der Waals surface area contributed by atoms with Gasteiger partial charge in [0, 0.05) is 22.1 Å². The molecule has 10 aromatic carbocycles. The topological polar surface area (TPSA) is 29.0 Å². The zero-order valence-corrected chi connectivity index (χ0v) is 33.5. The molecule has 0 saturated carbocycles. The van der Waals surface area contributed by atoms with Crippen LogP contribution in [0.4, 0.5) is 5.69 Å². The Hall–Kier alpha value is -7.72. The average Bonchev–Trinajstić information content (AvgIpc) is 3.70. The minimum absolute atomic E-state index is 0.0124. The van der Waals surface area contributed by atoms with Crippen LogP contribution in [-0.4, -0.2) is 4.57 Å². The van der Waals surface area contributed by atoms with Crippen LogP contribution in [0.5, 0.6) is 0 Å². The summed E-state index contributed by atoms with van der Waals surface area (Å²) >= 11 is 0. The lowest BCUT2D eigenvalue weighted by Gasteiger charge is -2.35. The first kappa shape index (κ1) is 35.2. The van der Waals surface area contributed by atoms with E-state index in [1.807, 2.05) is 0 Å². The van der Waals surface area contributed by atoms with Gasteiger partial charge in [0.05, 0.1) is 17.1 Å². The maximum atomic E-state index is 4.04. The van der Waals surface area contributed by atoms with Gasteiger partial charge in [0.1, 0.15) is 6.17 Å². The van der Waals surface area contributed by atoms with Crippen molar-refractivity contribution in [1.82, 2.24) is 9.88 Å². The summed E-state index contributed by atoms with van der Waals surface area (Å²) in [6.07, 6.45) is -0.120. The van der Waals surface area contributed by atoms with Gasteiger partial charge in [0.15, 0.2) is 0 Å². The SMILES string of the molecule is c1ccc(-c2cc(-c3ccccc3)cc(-c3ccc(C4NC(c5cccc(-n6c7ccc8ccccc8c7c7c8ccccc8ccc76)c5)Nc5ccccc54)cc3)c2)cc1. The van der Waals surface area contributed by atoms with Crippen molar-refractivity contribution in [2.45, 2.75) is 12.2 Å². The van der Waals surface area contributed by atoms with E-state index in [4.69, 9.17) is 0 Å². The monoisotopic (exact) mass is 779 g/mol. The van der Waals surface area contributed by atoms with Crippen molar-refractivity contribution in [1.29, 1.82) is 0 Å². The van der Waals surface area contributed by atoms with Crippen LogP contribution in [0, 0.1) is 0 Å². The number of benzene rings is 10. The highest BCUT2D eigenvalue weighted by molar-refractivity contribution is 6.28. The molecule has 288 valence electrons. The highest BCUT2D eigenvalue weighted by Gasteiger charge is 2.28. The third-order valence-corrected chi connectivity index (χ3v) is 12.6. The molecular formula is C58H41N3. The Kier molecular flexibility index (Phi) is 8.39. The fourth-order valence-corrected chi connectivity index (χ4v) is 9.72. The molecule has 1 aliphatic rings. The van der Waals surface area contributed by atoms with Gasteiger partial charge in [-0.25, -0.2) is 0 Å². The number of para-hydroxylation sites is 1. The third kappa shape index (κ3) is 6.09. The second-order valence-corrected chi connectivity index (χ2v) is 16.2. The highest BCUT2D eigenvalue weighted by Crippen LogP contribution is 2.42. The minimum Gasteiger partial charge on any atom is -0.366 e. The maximum absolute atomic E-state index is 4.04. The summed E-state index contributed by atoms with van der Waals surface area (Å²) in [6.45, 7) is 0. The first-order valence-electron chi connectivity index (χ1n) is 21.2. The van der Waals surface area contributed by atoms with Gasteiger partial charge < -0.3 is 9.88 Å². The number of hydrogen-bond acceptors (Lipinski definition) is 2. The predicted molar refractivity (Wildman–Crippen MR) is 256 cm³/mol. The molecule has 0 aliphatic carbocycles. The van der Waals surface area contributed by atoms with E-state index in [-0.39, 0.29) is 12.2 Å². The molecule has 12 rings (SSSR count). The summed E-state index contributed by atoms with van der Waals surface area (Å²) < 4.78 is 2.45.